The average Bonchev–Trinajstić information content (AvgIpc) is 3.13. The highest BCUT2D eigenvalue weighted by molar-refractivity contribution is 5.81. The van der Waals surface area contributed by atoms with Gasteiger partial charge in [0.2, 0.25) is 5.95 Å². The van der Waals surface area contributed by atoms with Crippen molar-refractivity contribution in [3.63, 3.8) is 0 Å². The molecule has 0 amide bonds. The van der Waals surface area contributed by atoms with Gasteiger partial charge in [-0.2, -0.15) is 10.5 Å². The summed E-state index contributed by atoms with van der Waals surface area (Å²) in [6, 6.07) is 12.4. The zero-order valence-corrected chi connectivity index (χ0v) is 16.0. The predicted molar refractivity (Wildman–Crippen MR) is 107 cm³/mol. The Bertz CT molecular complexity index is 1120. The summed E-state index contributed by atoms with van der Waals surface area (Å²) in [5.41, 5.74) is 9.31. The van der Waals surface area contributed by atoms with Crippen LogP contribution < -0.4 is 10.6 Å². The van der Waals surface area contributed by atoms with Gasteiger partial charge in [-0.25, -0.2) is 9.37 Å². The third-order valence-electron chi connectivity index (χ3n) is 5.38. The standard InChI is InChI=1S/C21H20FN7/c1-13(18-4-2-15(10-24)11-26-18)29-20-5-3-14(9-23)8-19(20)27-21(29)28-7-6-16(22)17(25)12-28/h2-5,8,11,13,16-17H,6-7,12,25H2,1H3/t13-,16-,17-/m1/s1. The number of rotatable bonds is 3. The maximum absolute atomic E-state index is 13.9. The Balaban J connectivity index is 1.83. The molecule has 1 fully saturated rings. The van der Waals surface area contributed by atoms with E-state index in [1.54, 1.807) is 24.4 Å². The fourth-order valence-corrected chi connectivity index (χ4v) is 3.75. The third kappa shape index (κ3) is 3.39. The number of nitrogens with zero attached hydrogens (tertiary/aromatic N) is 6. The normalized spacial score (nSPS) is 20.2. The number of benzene rings is 1. The van der Waals surface area contributed by atoms with Crippen LogP contribution in [-0.4, -0.2) is 39.8 Å². The highest BCUT2D eigenvalue weighted by atomic mass is 19.1. The molecule has 0 unspecified atom stereocenters. The molecule has 8 heteroatoms. The Labute approximate surface area is 167 Å². The first-order valence-electron chi connectivity index (χ1n) is 9.44. The monoisotopic (exact) mass is 389 g/mol. The average molecular weight is 389 g/mol. The second-order valence-corrected chi connectivity index (χ2v) is 7.27. The molecule has 7 nitrogen and oxygen atoms in total. The minimum Gasteiger partial charge on any atom is -0.340 e. The molecule has 1 saturated heterocycles. The minimum absolute atomic E-state index is 0.185. The molecular formula is C21H20FN7. The summed E-state index contributed by atoms with van der Waals surface area (Å²) in [5, 5.41) is 18.3. The van der Waals surface area contributed by atoms with Crippen LogP contribution in [0.4, 0.5) is 10.3 Å². The Hall–Kier alpha value is -3.49. The van der Waals surface area contributed by atoms with Gasteiger partial charge >= 0.3 is 0 Å². The van der Waals surface area contributed by atoms with Crippen LogP contribution in [-0.2, 0) is 0 Å². The van der Waals surface area contributed by atoms with Crippen LogP contribution in [0, 0.1) is 22.7 Å². The highest BCUT2D eigenvalue weighted by Gasteiger charge is 2.30. The lowest BCUT2D eigenvalue weighted by Gasteiger charge is -2.34. The molecule has 0 saturated carbocycles. The van der Waals surface area contributed by atoms with E-state index in [1.165, 1.54) is 0 Å². The van der Waals surface area contributed by atoms with E-state index in [9.17, 15) is 9.65 Å². The van der Waals surface area contributed by atoms with Crippen LogP contribution in [0.3, 0.4) is 0 Å². The molecule has 146 valence electrons. The number of piperidine rings is 1. The van der Waals surface area contributed by atoms with Gasteiger partial charge < -0.3 is 15.2 Å². The summed E-state index contributed by atoms with van der Waals surface area (Å²) in [5.74, 6) is 0.677. The van der Waals surface area contributed by atoms with Gasteiger partial charge in [0, 0.05) is 19.3 Å². The molecule has 2 aromatic heterocycles. The summed E-state index contributed by atoms with van der Waals surface area (Å²) in [7, 11) is 0. The first-order chi connectivity index (χ1) is 14.0. The van der Waals surface area contributed by atoms with Crippen molar-refractivity contribution in [3.8, 4) is 12.1 Å². The molecule has 1 aromatic carbocycles. The summed E-state index contributed by atoms with van der Waals surface area (Å²) in [6.07, 6.45) is 0.868. The van der Waals surface area contributed by atoms with Gasteiger partial charge in [-0.1, -0.05) is 0 Å². The summed E-state index contributed by atoms with van der Waals surface area (Å²) >= 11 is 0. The fraction of sp³-hybridized carbons (Fsp3) is 0.333. The molecule has 0 bridgehead atoms. The van der Waals surface area contributed by atoms with Gasteiger partial charge in [0.1, 0.15) is 12.2 Å². The Kier molecular flexibility index (Phi) is 4.87. The van der Waals surface area contributed by atoms with Crippen molar-refractivity contribution in [2.75, 3.05) is 18.0 Å². The number of fused-ring (bicyclic) bond motifs is 1. The van der Waals surface area contributed by atoms with E-state index in [2.05, 4.69) is 17.1 Å². The minimum atomic E-state index is -1.02. The zero-order chi connectivity index (χ0) is 20.5. The van der Waals surface area contributed by atoms with Crippen LogP contribution in [0.1, 0.15) is 36.2 Å². The number of aromatic nitrogens is 3. The predicted octanol–water partition coefficient (Wildman–Crippen LogP) is 2.66. The smallest absolute Gasteiger partial charge is 0.207 e. The number of nitriles is 2. The van der Waals surface area contributed by atoms with Crippen molar-refractivity contribution in [1.29, 1.82) is 10.5 Å². The molecule has 4 rings (SSSR count). The molecule has 0 radical (unpaired) electrons. The zero-order valence-electron chi connectivity index (χ0n) is 16.0. The van der Waals surface area contributed by atoms with Gasteiger partial charge in [-0.05, 0) is 43.7 Å². The van der Waals surface area contributed by atoms with Crippen LogP contribution in [0.25, 0.3) is 11.0 Å². The van der Waals surface area contributed by atoms with Crippen molar-refractivity contribution in [3.05, 3.63) is 53.3 Å². The fourth-order valence-electron chi connectivity index (χ4n) is 3.75. The second kappa shape index (κ2) is 7.50. The van der Waals surface area contributed by atoms with Crippen molar-refractivity contribution >= 4 is 17.0 Å². The number of nitrogens with two attached hydrogens (primary N) is 1. The van der Waals surface area contributed by atoms with E-state index in [0.717, 1.165) is 11.2 Å². The van der Waals surface area contributed by atoms with Gasteiger partial charge in [-0.15, -0.1) is 0 Å². The van der Waals surface area contributed by atoms with E-state index in [4.69, 9.17) is 16.0 Å². The van der Waals surface area contributed by atoms with Gasteiger partial charge in [-0.3, -0.25) is 4.98 Å². The Morgan fingerprint density at radius 1 is 1.21 bits per heavy atom. The number of hydrogen-bond donors (Lipinski definition) is 1. The van der Waals surface area contributed by atoms with Gasteiger partial charge in [0.15, 0.2) is 0 Å². The lowest BCUT2D eigenvalue weighted by molar-refractivity contribution is 0.243. The number of anilines is 1. The SMILES string of the molecule is C[C@H](c1ccc(C#N)cn1)n1c(N2CC[C@@H](F)[C@H](N)C2)nc2cc(C#N)ccc21. The number of imidazole rings is 1. The topological polar surface area (TPSA) is 108 Å². The van der Waals surface area contributed by atoms with Gasteiger partial charge in [0.05, 0.1) is 46.0 Å². The summed E-state index contributed by atoms with van der Waals surface area (Å²) in [6.45, 7) is 2.87. The molecule has 1 aliphatic heterocycles. The third-order valence-corrected chi connectivity index (χ3v) is 5.38. The van der Waals surface area contributed by atoms with Crippen molar-refractivity contribution in [2.24, 2.45) is 5.73 Å². The summed E-state index contributed by atoms with van der Waals surface area (Å²) < 4.78 is 16.0. The quantitative estimate of drug-likeness (QED) is 0.738. The number of pyridine rings is 1. The number of halogens is 1. The van der Waals surface area contributed by atoms with Gasteiger partial charge in [0.25, 0.3) is 0 Å². The van der Waals surface area contributed by atoms with Crippen LogP contribution in [0.5, 0.6) is 0 Å². The van der Waals surface area contributed by atoms with Crippen molar-refractivity contribution in [1.82, 2.24) is 14.5 Å². The van der Waals surface area contributed by atoms with E-state index in [1.807, 2.05) is 28.5 Å². The molecule has 29 heavy (non-hydrogen) atoms. The van der Waals surface area contributed by atoms with Crippen LogP contribution in [0.2, 0.25) is 0 Å². The highest BCUT2D eigenvalue weighted by Crippen LogP contribution is 2.32. The summed E-state index contributed by atoms with van der Waals surface area (Å²) in [4.78, 5) is 11.2. The molecule has 3 aromatic rings. The molecule has 3 atom stereocenters. The van der Waals surface area contributed by atoms with Crippen LogP contribution in [0.15, 0.2) is 36.5 Å². The largest absolute Gasteiger partial charge is 0.340 e. The first-order valence-corrected chi connectivity index (χ1v) is 9.44. The molecule has 0 aliphatic carbocycles. The van der Waals surface area contributed by atoms with E-state index in [0.29, 0.717) is 42.1 Å². The van der Waals surface area contributed by atoms with Crippen molar-refractivity contribution < 1.29 is 4.39 Å². The van der Waals surface area contributed by atoms with Crippen LogP contribution >= 0.6 is 0 Å². The van der Waals surface area contributed by atoms with Crippen molar-refractivity contribution in [2.45, 2.75) is 31.6 Å². The Morgan fingerprint density at radius 2 is 1.97 bits per heavy atom. The van der Waals surface area contributed by atoms with E-state index in [-0.39, 0.29) is 6.04 Å². The Morgan fingerprint density at radius 3 is 2.62 bits per heavy atom. The second-order valence-electron chi connectivity index (χ2n) is 7.27. The maximum atomic E-state index is 13.9. The number of hydrogen-bond acceptors (Lipinski definition) is 6. The van der Waals surface area contributed by atoms with E-state index < -0.39 is 12.2 Å². The number of alkyl halides is 1. The molecule has 2 N–H and O–H groups in total. The first kappa shape index (κ1) is 18.9. The molecule has 0 spiro atoms. The van der Waals surface area contributed by atoms with E-state index >= 15 is 0 Å². The lowest BCUT2D eigenvalue weighted by Crippen LogP contribution is -2.50. The maximum Gasteiger partial charge on any atom is 0.207 e. The molecule has 1 aliphatic rings. The molecular weight excluding hydrogens is 369 g/mol. The molecule has 3 heterocycles. The lowest BCUT2D eigenvalue weighted by atomic mass is 10.1.